The Hall–Kier alpha value is -2.66. The van der Waals surface area contributed by atoms with Gasteiger partial charge in [-0.15, -0.1) is 11.3 Å². The van der Waals surface area contributed by atoms with E-state index in [2.05, 4.69) is 5.32 Å². The van der Waals surface area contributed by atoms with Crippen LogP contribution in [-0.2, 0) is 6.61 Å². The van der Waals surface area contributed by atoms with Crippen LogP contribution in [0, 0.1) is 19.7 Å². The van der Waals surface area contributed by atoms with E-state index in [1.165, 1.54) is 23.5 Å². The Morgan fingerprint density at radius 1 is 1.12 bits per heavy atom. The van der Waals surface area contributed by atoms with Crippen molar-refractivity contribution >= 4 is 22.9 Å². The number of nitrogens with one attached hydrogen (secondary N) is 1. The minimum Gasteiger partial charge on any atom is -0.489 e. The molecular formula is C20H18FNO2S. The van der Waals surface area contributed by atoms with Gasteiger partial charge in [0.1, 0.15) is 18.2 Å². The monoisotopic (exact) mass is 355 g/mol. The predicted molar refractivity (Wildman–Crippen MR) is 98.9 cm³/mol. The van der Waals surface area contributed by atoms with Gasteiger partial charge in [-0.3, -0.25) is 4.79 Å². The van der Waals surface area contributed by atoms with Crippen LogP contribution in [0.25, 0.3) is 0 Å². The zero-order chi connectivity index (χ0) is 17.8. The maximum Gasteiger partial charge on any atom is 0.265 e. The lowest BCUT2D eigenvalue weighted by Crippen LogP contribution is -2.11. The van der Waals surface area contributed by atoms with Gasteiger partial charge in [0, 0.05) is 11.3 Å². The van der Waals surface area contributed by atoms with E-state index in [0.717, 1.165) is 22.4 Å². The van der Waals surface area contributed by atoms with E-state index in [1.54, 1.807) is 12.1 Å². The third-order valence-electron chi connectivity index (χ3n) is 3.73. The van der Waals surface area contributed by atoms with Gasteiger partial charge < -0.3 is 10.1 Å². The van der Waals surface area contributed by atoms with Crippen molar-refractivity contribution in [2.24, 2.45) is 0 Å². The van der Waals surface area contributed by atoms with E-state index >= 15 is 0 Å². The third kappa shape index (κ3) is 4.45. The molecule has 0 atom stereocenters. The molecule has 0 bridgehead atoms. The molecule has 3 rings (SSSR count). The molecule has 1 amide bonds. The van der Waals surface area contributed by atoms with Crippen LogP contribution in [0.3, 0.4) is 0 Å². The number of anilines is 1. The molecule has 5 heteroatoms. The molecule has 1 N–H and O–H groups in total. The first-order chi connectivity index (χ1) is 12.0. The summed E-state index contributed by atoms with van der Waals surface area (Å²) in [4.78, 5) is 13.0. The number of rotatable bonds is 5. The number of hydrogen-bond donors (Lipinski definition) is 1. The van der Waals surface area contributed by atoms with E-state index < -0.39 is 0 Å². The van der Waals surface area contributed by atoms with Gasteiger partial charge in [0.25, 0.3) is 5.91 Å². The number of aryl methyl sites for hydroxylation is 2. The first-order valence-corrected chi connectivity index (χ1v) is 8.73. The molecule has 25 heavy (non-hydrogen) atoms. The van der Waals surface area contributed by atoms with E-state index in [9.17, 15) is 9.18 Å². The van der Waals surface area contributed by atoms with Crippen LogP contribution >= 0.6 is 11.3 Å². The normalized spacial score (nSPS) is 10.5. The molecule has 0 spiro atoms. The highest BCUT2D eigenvalue weighted by atomic mass is 32.1. The molecule has 0 aliphatic carbocycles. The average molecular weight is 355 g/mol. The lowest BCUT2D eigenvalue weighted by molar-refractivity contribution is 0.103. The highest BCUT2D eigenvalue weighted by molar-refractivity contribution is 7.12. The molecule has 3 nitrogen and oxygen atoms in total. The Kier molecular flexibility index (Phi) is 5.14. The van der Waals surface area contributed by atoms with Gasteiger partial charge in [0.15, 0.2) is 0 Å². The molecule has 128 valence electrons. The number of hydrogen-bond acceptors (Lipinski definition) is 3. The maximum atomic E-state index is 12.9. The van der Waals surface area contributed by atoms with Crippen molar-refractivity contribution in [3.63, 3.8) is 0 Å². The highest BCUT2D eigenvalue weighted by Gasteiger charge is 2.11. The summed E-state index contributed by atoms with van der Waals surface area (Å²) < 4.78 is 18.5. The van der Waals surface area contributed by atoms with Crippen molar-refractivity contribution in [1.29, 1.82) is 0 Å². The summed E-state index contributed by atoms with van der Waals surface area (Å²) in [5.74, 6) is 0.159. The zero-order valence-electron chi connectivity index (χ0n) is 14.0. The maximum absolute atomic E-state index is 12.9. The predicted octanol–water partition coefficient (Wildman–Crippen LogP) is 5.34. The molecule has 0 saturated carbocycles. The summed E-state index contributed by atoms with van der Waals surface area (Å²) in [6.45, 7) is 4.32. The van der Waals surface area contributed by atoms with Gasteiger partial charge in [-0.1, -0.05) is 17.7 Å². The number of carbonyl (C=O) groups excluding carboxylic acids is 1. The highest BCUT2D eigenvalue weighted by Crippen LogP contribution is 2.21. The Bertz CT molecular complexity index is 887. The molecule has 1 heterocycles. The molecule has 2 aromatic carbocycles. The van der Waals surface area contributed by atoms with Crippen LogP contribution < -0.4 is 10.1 Å². The second kappa shape index (κ2) is 7.49. The van der Waals surface area contributed by atoms with Crippen LogP contribution in [0.2, 0.25) is 0 Å². The number of thiophene rings is 1. The Labute approximate surface area is 150 Å². The first-order valence-electron chi connectivity index (χ1n) is 7.85. The fourth-order valence-corrected chi connectivity index (χ4v) is 3.20. The molecule has 0 fully saturated rings. The zero-order valence-corrected chi connectivity index (χ0v) is 14.8. The second-order valence-corrected chi connectivity index (χ2v) is 6.75. The minimum absolute atomic E-state index is 0.134. The smallest absolute Gasteiger partial charge is 0.265 e. The first kappa shape index (κ1) is 17.2. The SMILES string of the molecule is Cc1ccc(NC(=O)c2cc(COc3ccc(F)cc3)cs2)c(C)c1. The van der Waals surface area contributed by atoms with E-state index in [4.69, 9.17) is 4.74 Å². The van der Waals surface area contributed by atoms with Crippen molar-refractivity contribution in [2.75, 3.05) is 5.32 Å². The number of benzene rings is 2. The summed E-state index contributed by atoms with van der Waals surface area (Å²) in [5.41, 5.74) is 3.91. The third-order valence-corrected chi connectivity index (χ3v) is 4.70. The molecule has 0 aliphatic heterocycles. The number of halogens is 1. The van der Waals surface area contributed by atoms with Gasteiger partial charge >= 0.3 is 0 Å². The molecular weight excluding hydrogens is 337 g/mol. The Morgan fingerprint density at radius 2 is 1.88 bits per heavy atom. The molecule has 0 unspecified atom stereocenters. The van der Waals surface area contributed by atoms with Gasteiger partial charge in [-0.2, -0.15) is 0 Å². The van der Waals surface area contributed by atoms with Crippen molar-refractivity contribution in [2.45, 2.75) is 20.5 Å². The number of carbonyl (C=O) groups is 1. The van der Waals surface area contributed by atoms with Gasteiger partial charge in [-0.25, -0.2) is 4.39 Å². The fraction of sp³-hybridized carbons (Fsp3) is 0.150. The van der Waals surface area contributed by atoms with Crippen molar-refractivity contribution in [3.05, 3.63) is 81.3 Å². The quantitative estimate of drug-likeness (QED) is 0.671. The van der Waals surface area contributed by atoms with Crippen LogP contribution in [0.5, 0.6) is 5.75 Å². The van der Waals surface area contributed by atoms with Gasteiger partial charge in [0.2, 0.25) is 0 Å². The molecule has 0 saturated heterocycles. The summed E-state index contributed by atoms with van der Waals surface area (Å²) in [6, 6.07) is 13.6. The van der Waals surface area contributed by atoms with Gasteiger partial charge in [-0.05, 0) is 61.2 Å². The topological polar surface area (TPSA) is 38.3 Å². The Balaban J connectivity index is 1.62. The van der Waals surface area contributed by atoms with E-state index in [0.29, 0.717) is 17.2 Å². The van der Waals surface area contributed by atoms with Crippen molar-refractivity contribution in [3.8, 4) is 5.75 Å². The van der Waals surface area contributed by atoms with Gasteiger partial charge in [0.05, 0.1) is 4.88 Å². The van der Waals surface area contributed by atoms with Crippen molar-refractivity contribution in [1.82, 2.24) is 0 Å². The summed E-state index contributed by atoms with van der Waals surface area (Å²) >= 11 is 1.37. The number of ether oxygens (including phenoxy) is 1. The minimum atomic E-state index is -0.298. The molecule has 0 aliphatic rings. The lowest BCUT2D eigenvalue weighted by Gasteiger charge is -2.08. The van der Waals surface area contributed by atoms with Crippen molar-refractivity contribution < 1.29 is 13.9 Å². The largest absolute Gasteiger partial charge is 0.489 e. The molecule has 0 radical (unpaired) electrons. The van der Waals surface area contributed by atoms with Crippen LogP contribution in [0.4, 0.5) is 10.1 Å². The summed E-state index contributed by atoms with van der Waals surface area (Å²) in [7, 11) is 0. The average Bonchev–Trinajstić information content (AvgIpc) is 3.06. The van der Waals surface area contributed by atoms with Crippen LogP contribution in [0.1, 0.15) is 26.4 Å². The molecule has 3 aromatic rings. The fourth-order valence-electron chi connectivity index (χ4n) is 2.41. The summed E-state index contributed by atoms with van der Waals surface area (Å²) in [5, 5.41) is 4.83. The molecule has 1 aromatic heterocycles. The second-order valence-electron chi connectivity index (χ2n) is 5.83. The Morgan fingerprint density at radius 3 is 2.60 bits per heavy atom. The van der Waals surface area contributed by atoms with Crippen LogP contribution in [-0.4, -0.2) is 5.91 Å². The van der Waals surface area contributed by atoms with E-state index in [1.807, 2.05) is 43.5 Å². The van der Waals surface area contributed by atoms with E-state index in [-0.39, 0.29) is 11.7 Å². The lowest BCUT2D eigenvalue weighted by atomic mass is 10.1. The number of amides is 1. The standard InChI is InChI=1S/C20H18FNO2S/c1-13-3-8-18(14(2)9-13)22-20(23)19-10-15(12-25-19)11-24-17-6-4-16(21)5-7-17/h3-10,12H,11H2,1-2H3,(H,22,23). The summed E-state index contributed by atoms with van der Waals surface area (Å²) in [6.07, 6.45) is 0. The van der Waals surface area contributed by atoms with Crippen LogP contribution in [0.15, 0.2) is 53.9 Å².